The maximum Gasteiger partial charge on any atom is 0.271 e. The number of rotatable bonds is 2. The smallest absolute Gasteiger partial charge is 0.271 e. The molecule has 0 bridgehead atoms. The Kier molecular flexibility index (Phi) is 2.06. The van der Waals surface area contributed by atoms with Crippen molar-refractivity contribution in [3.05, 3.63) is 28.2 Å². The van der Waals surface area contributed by atoms with Crippen LogP contribution in [0, 0.1) is 6.92 Å². The third-order valence-electron chi connectivity index (χ3n) is 1.37. The van der Waals surface area contributed by atoms with Gasteiger partial charge in [-0.3, -0.25) is 9.59 Å². The van der Waals surface area contributed by atoms with Gasteiger partial charge >= 0.3 is 0 Å². The lowest BCUT2D eigenvalue weighted by molar-refractivity contribution is -0.105. The number of hydrogen-bond donors (Lipinski definition) is 2. The SMILES string of the molecule is Cc1cc[nH]c(=O)c1NC=O. The van der Waals surface area contributed by atoms with Crippen molar-refractivity contribution >= 4 is 12.1 Å². The first-order chi connectivity index (χ1) is 5.25. The summed E-state index contributed by atoms with van der Waals surface area (Å²) in [5, 5.41) is 2.32. The minimum atomic E-state index is -0.280. The molecule has 2 N–H and O–H groups in total. The van der Waals surface area contributed by atoms with Crippen molar-refractivity contribution < 1.29 is 4.79 Å². The van der Waals surface area contributed by atoms with Gasteiger partial charge in [-0.15, -0.1) is 0 Å². The van der Waals surface area contributed by atoms with Gasteiger partial charge in [0.05, 0.1) is 0 Å². The Morgan fingerprint density at radius 2 is 2.36 bits per heavy atom. The number of anilines is 1. The second-order valence-electron chi connectivity index (χ2n) is 2.13. The van der Waals surface area contributed by atoms with Crippen LogP contribution in [-0.4, -0.2) is 11.4 Å². The molecule has 11 heavy (non-hydrogen) atoms. The first-order valence-electron chi connectivity index (χ1n) is 3.14. The van der Waals surface area contributed by atoms with Crippen LogP contribution in [0.15, 0.2) is 17.1 Å². The van der Waals surface area contributed by atoms with Crippen LogP contribution in [0.5, 0.6) is 0 Å². The number of aryl methyl sites for hydroxylation is 1. The lowest BCUT2D eigenvalue weighted by Crippen LogP contribution is -2.13. The van der Waals surface area contributed by atoms with Gasteiger partial charge in [0, 0.05) is 6.20 Å². The highest BCUT2D eigenvalue weighted by Crippen LogP contribution is 2.03. The van der Waals surface area contributed by atoms with Crippen molar-refractivity contribution in [2.24, 2.45) is 0 Å². The zero-order valence-corrected chi connectivity index (χ0v) is 6.05. The number of H-pyrrole nitrogens is 1. The van der Waals surface area contributed by atoms with E-state index in [-0.39, 0.29) is 5.56 Å². The molecule has 0 aliphatic carbocycles. The fraction of sp³-hybridized carbons (Fsp3) is 0.143. The van der Waals surface area contributed by atoms with E-state index in [0.717, 1.165) is 5.56 Å². The molecule has 0 spiro atoms. The Morgan fingerprint density at radius 3 is 2.91 bits per heavy atom. The van der Waals surface area contributed by atoms with Gasteiger partial charge in [0.25, 0.3) is 5.56 Å². The Morgan fingerprint density at radius 1 is 1.64 bits per heavy atom. The van der Waals surface area contributed by atoms with Crippen LogP contribution in [0.2, 0.25) is 0 Å². The Hall–Kier alpha value is -1.58. The Labute approximate surface area is 63.3 Å². The van der Waals surface area contributed by atoms with E-state index in [1.807, 2.05) is 0 Å². The molecule has 4 heteroatoms. The predicted molar refractivity (Wildman–Crippen MR) is 41.5 cm³/mol. The van der Waals surface area contributed by atoms with Gasteiger partial charge in [-0.2, -0.15) is 0 Å². The molecule has 0 atom stereocenters. The van der Waals surface area contributed by atoms with Gasteiger partial charge in [-0.05, 0) is 18.6 Å². The number of amides is 1. The van der Waals surface area contributed by atoms with Gasteiger partial charge in [0.15, 0.2) is 0 Å². The number of hydrogen-bond acceptors (Lipinski definition) is 2. The third-order valence-corrected chi connectivity index (χ3v) is 1.37. The van der Waals surface area contributed by atoms with E-state index in [2.05, 4.69) is 10.3 Å². The molecule has 1 amide bonds. The van der Waals surface area contributed by atoms with E-state index in [1.165, 1.54) is 6.20 Å². The monoisotopic (exact) mass is 152 g/mol. The summed E-state index contributed by atoms with van der Waals surface area (Å²) in [5.74, 6) is 0. The molecule has 0 fully saturated rings. The molecular formula is C7H8N2O2. The molecule has 1 aromatic rings. The number of pyridine rings is 1. The fourth-order valence-electron chi connectivity index (χ4n) is 0.815. The third kappa shape index (κ3) is 1.46. The van der Waals surface area contributed by atoms with Crippen molar-refractivity contribution in [2.75, 3.05) is 5.32 Å². The largest absolute Gasteiger partial charge is 0.327 e. The molecular weight excluding hydrogens is 144 g/mol. The van der Waals surface area contributed by atoms with Gasteiger partial charge in [-0.1, -0.05) is 0 Å². The van der Waals surface area contributed by atoms with Gasteiger partial charge in [0.1, 0.15) is 5.69 Å². The van der Waals surface area contributed by atoms with Crippen molar-refractivity contribution in [1.29, 1.82) is 0 Å². The van der Waals surface area contributed by atoms with Crippen LogP contribution < -0.4 is 10.9 Å². The number of carbonyl (C=O) groups is 1. The predicted octanol–water partition coefficient (Wildman–Crippen LogP) is 0.252. The molecule has 58 valence electrons. The van der Waals surface area contributed by atoms with Gasteiger partial charge in [0.2, 0.25) is 6.41 Å². The van der Waals surface area contributed by atoms with E-state index < -0.39 is 0 Å². The molecule has 0 saturated heterocycles. The highest BCUT2D eigenvalue weighted by molar-refractivity contribution is 5.72. The summed E-state index contributed by atoms with van der Waals surface area (Å²) in [6, 6.07) is 1.72. The fourth-order valence-corrected chi connectivity index (χ4v) is 0.815. The lowest BCUT2D eigenvalue weighted by atomic mass is 10.2. The highest BCUT2D eigenvalue weighted by atomic mass is 16.1. The molecule has 0 aliphatic rings. The minimum absolute atomic E-state index is 0.280. The Balaban J connectivity index is 3.20. The summed E-state index contributed by atoms with van der Waals surface area (Å²) in [6.45, 7) is 1.75. The van der Waals surface area contributed by atoms with Crippen LogP contribution in [0.1, 0.15) is 5.56 Å². The second-order valence-corrected chi connectivity index (χ2v) is 2.13. The zero-order valence-electron chi connectivity index (χ0n) is 6.05. The van der Waals surface area contributed by atoms with E-state index in [4.69, 9.17) is 0 Å². The van der Waals surface area contributed by atoms with Crippen LogP contribution >= 0.6 is 0 Å². The maximum absolute atomic E-state index is 11.0. The summed E-state index contributed by atoms with van der Waals surface area (Å²) in [5.41, 5.74) is 0.778. The molecule has 1 heterocycles. The highest BCUT2D eigenvalue weighted by Gasteiger charge is 1.99. The number of nitrogens with one attached hydrogen (secondary N) is 2. The number of carbonyl (C=O) groups excluding carboxylic acids is 1. The molecule has 1 rings (SSSR count). The van der Waals surface area contributed by atoms with Crippen LogP contribution in [0.25, 0.3) is 0 Å². The molecule has 0 aromatic carbocycles. The average molecular weight is 152 g/mol. The quantitative estimate of drug-likeness (QED) is 0.597. The normalized spacial score (nSPS) is 9.18. The van der Waals surface area contributed by atoms with Crippen LogP contribution in [0.3, 0.4) is 0 Å². The van der Waals surface area contributed by atoms with Crippen molar-refractivity contribution in [2.45, 2.75) is 6.92 Å². The maximum atomic E-state index is 11.0. The molecule has 0 saturated carbocycles. The number of aromatic nitrogens is 1. The Bertz CT molecular complexity index is 316. The summed E-state index contributed by atoms with van der Waals surface area (Å²) >= 11 is 0. The zero-order chi connectivity index (χ0) is 8.27. The summed E-state index contributed by atoms with van der Waals surface area (Å²) in [4.78, 5) is 23.4. The average Bonchev–Trinajstić information content (AvgIpc) is 1.97. The molecule has 1 aromatic heterocycles. The van der Waals surface area contributed by atoms with Crippen molar-refractivity contribution in [1.82, 2.24) is 4.98 Å². The van der Waals surface area contributed by atoms with Gasteiger partial charge in [-0.25, -0.2) is 0 Å². The van der Waals surface area contributed by atoms with E-state index >= 15 is 0 Å². The van der Waals surface area contributed by atoms with Crippen LogP contribution in [0.4, 0.5) is 5.69 Å². The molecule has 0 radical (unpaired) electrons. The summed E-state index contributed by atoms with van der Waals surface area (Å²) < 4.78 is 0. The summed E-state index contributed by atoms with van der Waals surface area (Å²) in [6.07, 6.45) is 2.02. The molecule has 0 unspecified atom stereocenters. The molecule has 0 aliphatic heterocycles. The summed E-state index contributed by atoms with van der Waals surface area (Å²) in [7, 11) is 0. The second kappa shape index (κ2) is 3.01. The minimum Gasteiger partial charge on any atom is -0.327 e. The first kappa shape index (κ1) is 7.53. The number of aromatic amines is 1. The van der Waals surface area contributed by atoms with E-state index in [0.29, 0.717) is 12.1 Å². The standard InChI is InChI=1S/C7H8N2O2/c1-5-2-3-8-7(11)6(5)9-4-10/h2-4H,1H3,(H,8,11)(H,9,10). The van der Waals surface area contributed by atoms with Crippen molar-refractivity contribution in [3.63, 3.8) is 0 Å². The van der Waals surface area contributed by atoms with Crippen molar-refractivity contribution in [3.8, 4) is 0 Å². The van der Waals surface area contributed by atoms with E-state index in [1.54, 1.807) is 13.0 Å². The molecule has 4 nitrogen and oxygen atoms in total. The first-order valence-corrected chi connectivity index (χ1v) is 3.14. The van der Waals surface area contributed by atoms with Gasteiger partial charge < -0.3 is 10.3 Å². The van der Waals surface area contributed by atoms with E-state index in [9.17, 15) is 9.59 Å². The lowest BCUT2D eigenvalue weighted by Gasteiger charge is -1.99. The van der Waals surface area contributed by atoms with Crippen LogP contribution in [-0.2, 0) is 4.79 Å². The topological polar surface area (TPSA) is 62.0 Å².